The number of aromatic amines is 1. The number of H-pyrrole nitrogens is 1. The fourth-order valence-electron chi connectivity index (χ4n) is 3.47. The summed E-state index contributed by atoms with van der Waals surface area (Å²) in [6.07, 6.45) is 2.78. The monoisotopic (exact) mass is 462 g/mol. The first-order valence-corrected chi connectivity index (χ1v) is 10.7. The topological polar surface area (TPSA) is 61.0 Å². The number of nitrogens with one attached hydrogen (secondary N) is 2. The molecule has 152 valence electrons. The van der Waals surface area contributed by atoms with E-state index in [0.717, 1.165) is 33.5 Å². The van der Waals surface area contributed by atoms with Crippen LogP contribution in [-0.4, -0.2) is 27.4 Å². The van der Waals surface area contributed by atoms with Gasteiger partial charge in [-0.1, -0.05) is 40.2 Å². The molecule has 0 aliphatic carbocycles. The summed E-state index contributed by atoms with van der Waals surface area (Å²) in [5.41, 5.74) is 4.89. The van der Waals surface area contributed by atoms with Crippen LogP contribution in [0.3, 0.4) is 0 Å². The molecule has 2 N–H and O–H groups in total. The maximum atomic E-state index is 13.1. The molecule has 0 unspecified atom stereocenters. The van der Waals surface area contributed by atoms with Crippen LogP contribution in [0.4, 0.5) is 10.5 Å². The number of carbonyl (C=O) groups is 1. The molecule has 4 aromatic rings. The number of anilines is 1. The van der Waals surface area contributed by atoms with Crippen molar-refractivity contribution in [1.29, 1.82) is 0 Å². The van der Waals surface area contributed by atoms with Crippen LogP contribution in [0, 0.1) is 6.92 Å². The Hall–Kier alpha value is -3.12. The zero-order valence-corrected chi connectivity index (χ0v) is 18.3. The van der Waals surface area contributed by atoms with E-state index in [-0.39, 0.29) is 6.03 Å². The Morgan fingerprint density at radius 3 is 2.67 bits per heavy atom. The fraction of sp³-hybridized carbons (Fsp3) is 0.167. The van der Waals surface area contributed by atoms with Crippen molar-refractivity contribution in [1.82, 2.24) is 14.9 Å². The molecule has 0 atom stereocenters. The molecular formula is C24H23BrN4O. The van der Waals surface area contributed by atoms with Crippen molar-refractivity contribution in [2.75, 3.05) is 11.9 Å². The van der Waals surface area contributed by atoms with E-state index in [1.165, 1.54) is 10.9 Å². The SMILES string of the molecule is Cc1cccc(CN(CCc2c[nH]c3ccccc23)C(=O)Nc2ccc(Br)cc2)n1. The first-order chi connectivity index (χ1) is 14.6. The highest BCUT2D eigenvalue weighted by Gasteiger charge is 2.16. The highest BCUT2D eigenvalue weighted by molar-refractivity contribution is 9.10. The first-order valence-electron chi connectivity index (χ1n) is 9.87. The minimum absolute atomic E-state index is 0.138. The van der Waals surface area contributed by atoms with Gasteiger partial charge < -0.3 is 15.2 Å². The number of rotatable bonds is 6. The first kappa shape index (κ1) is 20.2. The Bertz CT molecular complexity index is 1150. The van der Waals surface area contributed by atoms with E-state index in [1.54, 1.807) is 0 Å². The maximum Gasteiger partial charge on any atom is 0.322 e. The van der Waals surface area contributed by atoms with E-state index in [1.807, 2.05) is 72.6 Å². The summed E-state index contributed by atoms with van der Waals surface area (Å²) < 4.78 is 0.973. The van der Waals surface area contributed by atoms with Crippen LogP contribution in [-0.2, 0) is 13.0 Å². The molecule has 4 rings (SSSR count). The normalized spacial score (nSPS) is 10.9. The number of para-hydroxylation sites is 1. The molecule has 2 heterocycles. The molecule has 0 aliphatic heterocycles. The van der Waals surface area contributed by atoms with Crippen molar-refractivity contribution in [3.05, 3.63) is 94.4 Å². The molecule has 2 aromatic heterocycles. The molecule has 30 heavy (non-hydrogen) atoms. The number of amides is 2. The van der Waals surface area contributed by atoms with Crippen LogP contribution in [0.5, 0.6) is 0 Å². The van der Waals surface area contributed by atoms with Gasteiger partial charge in [-0.3, -0.25) is 4.98 Å². The lowest BCUT2D eigenvalue weighted by Gasteiger charge is -2.23. The van der Waals surface area contributed by atoms with Crippen molar-refractivity contribution in [3.63, 3.8) is 0 Å². The highest BCUT2D eigenvalue weighted by atomic mass is 79.9. The molecule has 0 saturated heterocycles. The van der Waals surface area contributed by atoms with Gasteiger partial charge in [0.25, 0.3) is 0 Å². The molecule has 0 bridgehead atoms. The molecule has 2 amide bonds. The Labute approximate surface area is 184 Å². The largest absolute Gasteiger partial charge is 0.361 e. The van der Waals surface area contributed by atoms with Gasteiger partial charge >= 0.3 is 6.03 Å². The molecule has 0 fully saturated rings. The minimum atomic E-state index is -0.138. The van der Waals surface area contributed by atoms with E-state index in [9.17, 15) is 4.79 Å². The molecule has 0 radical (unpaired) electrons. The molecule has 2 aromatic carbocycles. The van der Waals surface area contributed by atoms with E-state index in [0.29, 0.717) is 13.1 Å². The van der Waals surface area contributed by atoms with Gasteiger partial charge in [0.15, 0.2) is 0 Å². The summed E-state index contributed by atoms with van der Waals surface area (Å²) in [4.78, 5) is 22.8. The lowest BCUT2D eigenvalue weighted by molar-refractivity contribution is 0.209. The van der Waals surface area contributed by atoms with Crippen LogP contribution >= 0.6 is 15.9 Å². The number of pyridine rings is 1. The van der Waals surface area contributed by atoms with Crippen molar-refractivity contribution in [2.45, 2.75) is 19.9 Å². The average Bonchev–Trinajstić information content (AvgIpc) is 3.16. The fourth-order valence-corrected chi connectivity index (χ4v) is 3.73. The third-order valence-corrected chi connectivity index (χ3v) is 5.54. The number of nitrogens with zero attached hydrogens (tertiary/aromatic N) is 2. The van der Waals surface area contributed by atoms with Crippen molar-refractivity contribution in [3.8, 4) is 0 Å². The van der Waals surface area contributed by atoms with Crippen molar-refractivity contribution >= 4 is 38.6 Å². The minimum Gasteiger partial charge on any atom is -0.361 e. The van der Waals surface area contributed by atoms with Gasteiger partial charge in [0.1, 0.15) is 0 Å². The van der Waals surface area contributed by atoms with Gasteiger partial charge in [-0.2, -0.15) is 0 Å². The summed E-state index contributed by atoms with van der Waals surface area (Å²) in [5.74, 6) is 0. The van der Waals surface area contributed by atoms with Gasteiger partial charge in [-0.05, 0) is 61.4 Å². The summed E-state index contributed by atoms with van der Waals surface area (Å²) in [6, 6.07) is 21.6. The summed E-state index contributed by atoms with van der Waals surface area (Å²) in [5, 5.41) is 4.20. The summed E-state index contributed by atoms with van der Waals surface area (Å²) in [6.45, 7) is 2.99. The predicted molar refractivity (Wildman–Crippen MR) is 125 cm³/mol. The quantitative estimate of drug-likeness (QED) is 0.374. The predicted octanol–water partition coefficient (Wildman–Crippen LogP) is 5.91. The lowest BCUT2D eigenvalue weighted by Crippen LogP contribution is -2.36. The molecule has 0 aliphatic rings. The Morgan fingerprint density at radius 1 is 1.07 bits per heavy atom. The lowest BCUT2D eigenvalue weighted by atomic mass is 10.1. The maximum absolute atomic E-state index is 13.1. The number of hydrogen-bond donors (Lipinski definition) is 2. The number of benzene rings is 2. The van der Waals surface area contributed by atoms with E-state index in [2.05, 4.69) is 43.3 Å². The standard InChI is InChI=1S/C24H23BrN4O/c1-17-5-4-6-21(27-17)16-29(24(30)28-20-11-9-19(25)10-12-20)14-13-18-15-26-23-8-3-2-7-22(18)23/h2-12,15,26H,13-14,16H2,1H3,(H,28,30). The smallest absolute Gasteiger partial charge is 0.322 e. The van der Waals surface area contributed by atoms with Gasteiger partial charge in [-0.25, -0.2) is 4.79 Å². The van der Waals surface area contributed by atoms with Gasteiger partial charge in [0, 0.05) is 39.5 Å². The van der Waals surface area contributed by atoms with Crippen LogP contribution < -0.4 is 5.32 Å². The molecule has 5 nitrogen and oxygen atoms in total. The van der Waals surface area contributed by atoms with Crippen molar-refractivity contribution in [2.24, 2.45) is 0 Å². The second-order valence-electron chi connectivity index (χ2n) is 7.24. The van der Waals surface area contributed by atoms with Crippen LogP contribution in [0.15, 0.2) is 77.4 Å². The second-order valence-corrected chi connectivity index (χ2v) is 8.15. The number of aryl methyl sites for hydroxylation is 1. The third-order valence-electron chi connectivity index (χ3n) is 5.01. The van der Waals surface area contributed by atoms with Crippen LogP contribution in [0.2, 0.25) is 0 Å². The summed E-state index contributed by atoms with van der Waals surface area (Å²) in [7, 11) is 0. The van der Waals surface area contributed by atoms with Crippen molar-refractivity contribution < 1.29 is 4.79 Å². The number of fused-ring (bicyclic) bond motifs is 1. The average molecular weight is 463 g/mol. The van der Waals surface area contributed by atoms with Gasteiger partial charge in [0.05, 0.1) is 12.2 Å². The number of aromatic nitrogens is 2. The molecule has 0 saturated carbocycles. The van der Waals surface area contributed by atoms with E-state index in [4.69, 9.17) is 0 Å². The molecular weight excluding hydrogens is 440 g/mol. The van der Waals surface area contributed by atoms with Crippen LogP contribution in [0.1, 0.15) is 17.0 Å². The molecule has 0 spiro atoms. The van der Waals surface area contributed by atoms with Gasteiger partial charge in [-0.15, -0.1) is 0 Å². The zero-order valence-electron chi connectivity index (χ0n) is 16.7. The summed E-state index contributed by atoms with van der Waals surface area (Å²) >= 11 is 3.42. The third kappa shape index (κ3) is 4.89. The number of halogens is 1. The number of urea groups is 1. The highest BCUT2D eigenvalue weighted by Crippen LogP contribution is 2.19. The van der Waals surface area contributed by atoms with Crippen LogP contribution in [0.25, 0.3) is 10.9 Å². The Morgan fingerprint density at radius 2 is 1.87 bits per heavy atom. The zero-order chi connectivity index (χ0) is 20.9. The second kappa shape index (κ2) is 9.13. The Kier molecular flexibility index (Phi) is 6.14. The van der Waals surface area contributed by atoms with E-state index < -0.39 is 0 Å². The van der Waals surface area contributed by atoms with Gasteiger partial charge in [0.2, 0.25) is 0 Å². The number of hydrogen-bond acceptors (Lipinski definition) is 2. The number of carbonyl (C=O) groups excluding carboxylic acids is 1. The molecule has 6 heteroatoms. The Balaban J connectivity index is 1.52. The van der Waals surface area contributed by atoms with E-state index >= 15 is 0 Å².